The lowest BCUT2D eigenvalue weighted by molar-refractivity contribution is 0.467. The van der Waals surface area contributed by atoms with Gasteiger partial charge in [0, 0.05) is 6.07 Å². The molecule has 0 amide bonds. The first-order valence-electron chi connectivity index (χ1n) is 3.03. The Morgan fingerprint density at radius 3 is 2.46 bits per heavy atom. The summed E-state index contributed by atoms with van der Waals surface area (Å²) in [7, 11) is -4.14. The highest BCUT2D eigenvalue weighted by atomic mass is 79.9. The van der Waals surface area contributed by atoms with Crippen molar-refractivity contribution in [2.75, 3.05) is 0 Å². The van der Waals surface area contributed by atoms with E-state index in [1.54, 1.807) is 0 Å². The molecule has 1 rings (SSSR count). The summed E-state index contributed by atoms with van der Waals surface area (Å²) in [6, 6.07) is 1.78. The van der Waals surface area contributed by atoms with E-state index in [0.717, 1.165) is 12.1 Å². The van der Waals surface area contributed by atoms with Crippen molar-refractivity contribution in [3.63, 3.8) is 0 Å². The molecule has 3 N–H and O–H groups in total. The molecule has 0 aliphatic heterocycles. The van der Waals surface area contributed by atoms with Crippen LogP contribution in [-0.4, -0.2) is 13.5 Å². The van der Waals surface area contributed by atoms with Crippen molar-refractivity contribution in [1.82, 2.24) is 0 Å². The van der Waals surface area contributed by atoms with Crippen LogP contribution in [0.2, 0.25) is 0 Å². The second kappa shape index (κ2) is 3.24. The van der Waals surface area contributed by atoms with Crippen molar-refractivity contribution in [2.24, 2.45) is 5.14 Å². The number of nitrogens with two attached hydrogens (primary N) is 1. The van der Waals surface area contributed by atoms with E-state index in [9.17, 15) is 12.8 Å². The number of benzene rings is 1. The fraction of sp³-hybridized carbons (Fsp3) is 0. The number of aromatic hydroxyl groups is 1. The molecule has 0 atom stereocenters. The zero-order valence-electron chi connectivity index (χ0n) is 6.16. The highest BCUT2D eigenvalue weighted by Gasteiger charge is 2.17. The summed E-state index contributed by atoms with van der Waals surface area (Å²) >= 11 is 2.73. The summed E-state index contributed by atoms with van der Waals surface area (Å²) in [4.78, 5) is -0.737. The largest absolute Gasteiger partial charge is 0.508 e. The van der Waals surface area contributed by atoms with E-state index in [4.69, 9.17) is 10.2 Å². The second-order valence-electron chi connectivity index (χ2n) is 2.28. The summed E-state index contributed by atoms with van der Waals surface area (Å²) < 4.78 is 34.4. The first kappa shape index (κ1) is 10.4. The molecule has 1 aromatic rings. The Labute approximate surface area is 82.4 Å². The molecule has 1 aromatic carbocycles. The van der Waals surface area contributed by atoms with Gasteiger partial charge in [-0.3, -0.25) is 0 Å². The number of halogens is 2. The molecule has 13 heavy (non-hydrogen) atoms. The number of hydrogen-bond acceptors (Lipinski definition) is 3. The Bertz CT molecular complexity index is 445. The average molecular weight is 270 g/mol. The fourth-order valence-electron chi connectivity index (χ4n) is 0.757. The van der Waals surface area contributed by atoms with Crippen molar-refractivity contribution in [2.45, 2.75) is 4.90 Å². The Morgan fingerprint density at radius 1 is 1.46 bits per heavy atom. The molecular weight excluding hydrogens is 265 g/mol. The number of phenols is 1. The Hall–Kier alpha value is -0.660. The van der Waals surface area contributed by atoms with Gasteiger partial charge in [0.1, 0.15) is 10.6 Å². The van der Waals surface area contributed by atoms with Crippen LogP contribution >= 0.6 is 15.9 Å². The second-order valence-corrected chi connectivity index (χ2v) is 4.67. The van der Waals surface area contributed by atoms with Crippen molar-refractivity contribution in [3.05, 3.63) is 22.4 Å². The monoisotopic (exact) mass is 269 g/mol. The molecule has 0 bridgehead atoms. The summed E-state index contributed by atoms with van der Waals surface area (Å²) in [6.45, 7) is 0. The van der Waals surface area contributed by atoms with E-state index in [1.165, 1.54) is 0 Å². The lowest BCUT2D eigenvalue weighted by Gasteiger charge is -2.02. The molecule has 0 aliphatic carbocycles. The van der Waals surface area contributed by atoms with Gasteiger partial charge in [-0.05, 0) is 22.0 Å². The molecule has 72 valence electrons. The fourth-order valence-corrected chi connectivity index (χ4v) is 1.98. The van der Waals surface area contributed by atoms with Crippen molar-refractivity contribution >= 4 is 26.0 Å². The molecule has 0 fully saturated rings. The summed E-state index contributed by atoms with van der Waals surface area (Å²) in [5.41, 5.74) is 0. The maximum atomic E-state index is 13.1. The van der Waals surface area contributed by atoms with Crippen LogP contribution < -0.4 is 5.14 Å². The van der Waals surface area contributed by atoms with Crippen molar-refractivity contribution < 1.29 is 17.9 Å². The van der Waals surface area contributed by atoms with Crippen LogP contribution in [-0.2, 0) is 10.0 Å². The molecule has 0 aliphatic rings. The predicted octanol–water partition coefficient (Wildman–Crippen LogP) is 0.941. The van der Waals surface area contributed by atoms with Crippen LogP contribution in [0.1, 0.15) is 0 Å². The lowest BCUT2D eigenvalue weighted by atomic mass is 10.3. The Balaban J connectivity index is 3.56. The van der Waals surface area contributed by atoms with Crippen LogP contribution in [0.4, 0.5) is 4.39 Å². The van der Waals surface area contributed by atoms with Gasteiger partial charge in [0.25, 0.3) is 0 Å². The van der Waals surface area contributed by atoms with Gasteiger partial charge in [0.05, 0.1) is 4.47 Å². The number of sulfonamides is 1. The Kier molecular flexibility index (Phi) is 2.60. The zero-order chi connectivity index (χ0) is 10.2. The van der Waals surface area contributed by atoms with Gasteiger partial charge in [0.2, 0.25) is 10.0 Å². The number of primary sulfonamides is 1. The van der Waals surface area contributed by atoms with Crippen molar-refractivity contribution in [3.8, 4) is 5.75 Å². The third-order valence-corrected chi connectivity index (χ3v) is 2.77. The molecule has 0 saturated carbocycles. The van der Waals surface area contributed by atoms with Gasteiger partial charge in [-0.25, -0.2) is 17.9 Å². The molecule has 7 heteroatoms. The van der Waals surface area contributed by atoms with E-state index in [0.29, 0.717) is 0 Å². The minimum Gasteiger partial charge on any atom is -0.508 e. The predicted molar refractivity (Wildman–Crippen MR) is 47.1 cm³/mol. The Morgan fingerprint density at radius 2 is 2.00 bits per heavy atom. The van der Waals surface area contributed by atoms with Gasteiger partial charge in [-0.15, -0.1) is 0 Å². The molecule has 0 unspecified atom stereocenters. The van der Waals surface area contributed by atoms with Crippen LogP contribution in [0.15, 0.2) is 21.5 Å². The van der Waals surface area contributed by atoms with Gasteiger partial charge < -0.3 is 5.11 Å². The number of hydrogen-bond donors (Lipinski definition) is 2. The minimum atomic E-state index is -4.14. The lowest BCUT2D eigenvalue weighted by Crippen LogP contribution is -2.14. The first-order chi connectivity index (χ1) is 5.82. The molecule has 0 radical (unpaired) electrons. The SMILES string of the molecule is NS(=O)(=O)c1cc(O)cc(Br)c1F. The smallest absolute Gasteiger partial charge is 0.241 e. The molecule has 4 nitrogen and oxygen atoms in total. The third kappa shape index (κ3) is 2.17. The van der Waals surface area contributed by atoms with Gasteiger partial charge in [-0.2, -0.15) is 0 Å². The van der Waals surface area contributed by atoms with Crippen LogP contribution in [0.25, 0.3) is 0 Å². The molecule has 0 heterocycles. The van der Waals surface area contributed by atoms with E-state index < -0.39 is 20.7 Å². The molecule has 0 saturated heterocycles. The van der Waals surface area contributed by atoms with E-state index in [2.05, 4.69) is 15.9 Å². The van der Waals surface area contributed by atoms with Crippen LogP contribution in [0, 0.1) is 5.82 Å². The van der Waals surface area contributed by atoms with Gasteiger partial charge >= 0.3 is 0 Å². The zero-order valence-corrected chi connectivity index (χ0v) is 8.56. The highest BCUT2D eigenvalue weighted by molar-refractivity contribution is 9.10. The van der Waals surface area contributed by atoms with Gasteiger partial charge in [-0.1, -0.05) is 0 Å². The summed E-state index contributed by atoms with van der Waals surface area (Å²) in [6.07, 6.45) is 0. The standard InChI is InChI=1S/C6H5BrFNO3S/c7-4-1-3(10)2-5(6(4)8)13(9,11)12/h1-2,10H,(H2,9,11,12). The van der Waals surface area contributed by atoms with Gasteiger partial charge in [0.15, 0.2) is 5.82 Å². The quantitative estimate of drug-likeness (QED) is 0.796. The van der Waals surface area contributed by atoms with Crippen LogP contribution in [0.5, 0.6) is 5.75 Å². The molecule has 0 spiro atoms. The van der Waals surface area contributed by atoms with E-state index in [1.807, 2.05) is 0 Å². The topological polar surface area (TPSA) is 80.4 Å². The highest BCUT2D eigenvalue weighted by Crippen LogP contribution is 2.26. The average Bonchev–Trinajstić information content (AvgIpc) is 1.94. The maximum absolute atomic E-state index is 13.1. The number of phenolic OH excluding ortho intramolecular Hbond substituents is 1. The van der Waals surface area contributed by atoms with Crippen molar-refractivity contribution in [1.29, 1.82) is 0 Å². The minimum absolute atomic E-state index is 0.156. The molecular formula is C6H5BrFNO3S. The first-order valence-corrected chi connectivity index (χ1v) is 5.37. The number of rotatable bonds is 1. The summed E-state index contributed by atoms with van der Waals surface area (Å²) in [5.74, 6) is -1.39. The van der Waals surface area contributed by atoms with E-state index in [-0.39, 0.29) is 10.2 Å². The summed E-state index contributed by atoms with van der Waals surface area (Å²) in [5, 5.41) is 13.7. The third-order valence-electron chi connectivity index (χ3n) is 1.29. The molecule has 0 aromatic heterocycles. The van der Waals surface area contributed by atoms with Crippen LogP contribution in [0.3, 0.4) is 0 Å². The van der Waals surface area contributed by atoms with E-state index >= 15 is 0 Å². The normalized spacial score (nSPS) is 11.6. The maximum Gasteiger partial charge on any atom is 0.241 e.